The molecule has 2 bridgehead atoms. The first-order chi connectivity index (χ1) is 11.3. The van der Waals surface area contributed by atoms with Crippen LogP contribution in [-0.4, -0.2) is 40.6 Å². The molecule has 3 atom stereocenters. The molecule has 3 heterocycles. The van der Waals surface area contributed by atoms with Crippen molar-refractivity contribution in [3.8, 4) is 17.1 Å². The van der Waals surface area contributed by atoms with E-state index in [-0.39, 0.29) is 6.10 Å². The molecule has 0 aliphatic carbocycles. The van der Waals surface area contributed by atoms with E-state index >= 15 is 0 Å². The summed E-state index contributed by atoms with van der Waals surface area (Å²) < 4.78 is 6.10. The van der Waals surface area contributed by atoms with Crippen molar-refractivity contribution in [3.63, 3.8) is 0 Å². The molecule has 23 heavy (non-hydrogen) atoms. The zero-order valence-electron chi connectivity index (χ0n) is 13.6. The van der Waals surface area contributed by atoms with Crippen LogP contribution in [0.1, 0.15) is 24.8 Å². The molecule has 1 aromatic carbocycles. The fourth-order valence-corrected chi connectivity index (χ4v) is 3.71. The lowest BCUT2D eigenvalue weighted by atomic mass is 9.87. The molecule has 1 aromatic heterocycles. The molecule has 2 saturated heterocycles. The Balaban J connectivity index is 1.45. The third-order valence-electron chi connectivity index (χ3n) is 5.07. The van der Waals surface area contributed by atoms with Gasteiger partial charge in [0, 0.05) is 37.0 Å². The Labute approximate surface area is 137 Å². The molecule has 4 heteroatoms. The van der Waals surface area contributed by atoms with Crippen molar-refractivity contribution in [2.75, 3.05) is 19.6 Å². The first-order valence-electron chi connectivity index (χ1n) is 8.56. The lowest BCUT2D eigenvalue weighted by Crippen LogP contribution is -2.49. The van der Waals surface area contributed by atoms with Gasteiger partial charge in [-0.2, -0.15) is 0 Å². The highest BCUT2D eigenvalue weighted by Gasteiger charge is 2.33. The van der Waals surface area contributed by atoms with Crippen molar-refractivity contribution in [1.82, 2.24) is 14.9 Å². The maximum absolute atomic E-state index is 6.10. The number of piperidine rings is 2. The molecule has 2 aliphatic heterocycles. The van der Waals surface area contributed by atoms with Crippen molar-refractivity contribution in [3.05, 3.63) is 42.2 Å². The van der Waals surface area contributed by atoms with Crippen LogP contribution in [0.3, 0.4) is 0 Å². The Bertz CT molecular complexity index is 653. The molecule has 120 valence electrons. The molecule has 2 fully saturated rings. The van der Waals surface area contributed by atoms with Gasteiger partial charge in [0.05, 0.1) is 0 Å². The Morgan fingerprint density at radius 3 is 2.57 bits per heavy atom. The highest BCUT2D eigenvalue weighted by molar-refractivity contribution is 5.61. The van der Waals surface area contributed by atoms with Crippen LogP contribution >= 0.6 is 0 Å². The van der Waals surface area contributed by atoms with Gasteiger partial charge in [0.1, 0.15) is 6.10 Å². The van der Waals surface area contributed by atoms with E-state index < -0.39 is 0 Å². The average Bonchev–Trinajstić information content (AvgIpc) is 2.59. The van der Waals surface area contributed by atoms with E-state index in [0.717, 1.165) is 24.1 Å². The second-order valence-electron chi connectivity index (χ2n) is 6.77. The maximum Gasteiger partial charge on any atom is 0.316 e. The number of hydrogen-bond acceptors (Lipinski definition) is 4. The number of aromatic nitrogens is 2. The molecule has 2 aromatic rings. The predicted molar refractivity (Wildman–Crippen MR) is 90.4 cm³/mol. The highest BCUT2D eigenvalue weighted by atomic mass is 16.5. The lowest BCUT2D eigenvalue weighted by Gasteiger charge is -2.41. The molecule has 2 aliphatic rings. The van der Waals surface area contributed by atoms with Crippen LogP contribution in [0.5, 0.6) is 6.01 Å². The molecule has 0 spiro atoms. The van der Waals surface area contributed by atoms with Crippen LogP contribution in [0, 0.1) is 12.8 Å². The summed E-state index contributed by atoms with van der Waals surface area (Å²) in [6.07, 6.45) is 7.65. The van der Waals surface area contributed by atoms with Crippen molar-refractivity contribution in [2.24, 2.45) is 5.92 Å². The number of benzene rings is 1. The Morgan fingerprint density at radius 2 is 1.78 bits per heavy atom. The van der Waals surface area contributed by atoms with Crippen LogP contribution in [0.15, 0.2) is 36.7 Å². The topological polar surface area (TPSA) is 38.2 Å². The SMILES string of the molecule is Cc1ccc(-c2cnc(O[C@H]3CC[N@@]4CCC[C@H]3C4)nc2)cc1. The summed E-state index contributed by atoms with van der Waals surface area (Å²) in [5.41, 5.74) is 3.43. The van der Waals surface area contributed by atoms with Crippen LogP contribution in [-0.2, 0) is 0 Å². The second-order valence-corrected chi connectivity index (χ2v) is 6.77. The summed E-state index contributed by atoms with van der Waals surface area (Å²) in [6.45, 7) is 5.66. The number of rotatable bonds is 3. The van der Waals surface area contributed by atoms with Gasteiger partial charge in [0.15, 0.2) is 0 Å². The van der Waals surface area contributed by atoms with Crippen molar-refractivity contribution in [2.45, 2.75) is 32.3 Å². The largest absolute Gasteiger partial charge is 0.460 e. The summed E-state index contributed by atoms with van der Waals surface area (Å²) in [7, 11) is 0. The number of nitrogens with zero attached hydrogens (tertiary/aromatic N) is 3. The molecule has 0 saturated carbocycles. The van der Waals surface area contributed by atoms with Crippen molar-refractivity contribution in [1.29, 1.82) is 0 Å². The van der Waals surface area contributed by atoms with Gasteiger partial charge in [0.25, 0.3) is 0 Å². The lowest BCUT2D eigenvalue weighted by molar-refractivity contribution is 0.0103. The number of hydrogen-bond donors (Lipinski definition) is 0. The first-order valence-corrected chi connectivity index (χ1v) is 8.56. The van der Waals surface area contributed by atoms with Crippen LogP contribution < -0.4 is 4.74 Å². The minimum atomic E-state index is 0.275. The third kappa shape index (κ3) is 3.22. The predicted octanol–water partition coefficient (Wildman–Crippen LogP) is 3.32. The minimum Gasteiger partial charge on any atom is -0.460 e. The van der Waals surface area contributed by atoms with Gasteiger partial charge in [-0.15, -0.1) is 0 Å². The summed E-state index contributed by atoms with van der Waals surface area (Å²) >= 11 is 0. The summed E-state index contributed by atoms with van der Waals surface area (Å²) in [5, 5.41) is 0. The van der Waals surface area contributed by atoms with E-state index in [9.17, 15) is 0 Å². The quantitative estimate of drug-likeness (QED) is 0.872. The average molecular weight is 309 g/mol. The van der Waals surface area contributed by atoms with Crippen LogP contribution in [0.4, 0.5) is 0 Å². The standard InChI is InChI=1S/C19H23N3O/c1-14-4-6-15(7-5-14)17-11-20-19(21-12-17)23-18-8-10-22-9-2-3-16(18)13-22/h4-7,11-12,16,18H,2-3,8-10,13H2,1H3/t16-,18-/m0/s1. The van der Waals surface area contributed by atoms with E-state index in [1.54, 1.807) is 0 Å². The van der Waals surface area contributed by atoms with Crippen molar-refractivity contribution < 1.29 is 4.74 Å². The maximum atomic E-state index is 6.10. The summed E-state index contributed by atoms with van der Waals surface area (Å²) in [6, 6.07) is 8.94. The number of aryl methyl sites for hydroxylation is 1. The first kappa shape index (κ1) is 14.6. The molecule has 0 unspecified atom stereocenters. The van der Waals surface area contributed by atoms with Crippen LogP contribution in [0.2, 0.25) is 0 Å². The highest BCUT2D eigenvalue weighted by Crippen LogP contribution is 2.29. The Hall–Kier alpha value is -1.94. The van der Waals surface area contributed by atoms with Crippen molar-refractivity contribution >= 4 is 0 Å². The molecule has 0 radical (unpaired) electrons. The second kappa shape index (κ2) is 6.28. The molecular weight excluding hydrogens is 286 g/mol. The van der Waals surface area contributed by atoms with Gasteiger partial charge < -0.3 is 9.64 Å². The van der Waals surface area contributed by atoms with E-state index in [2.05, 4.69) is 46.1 Å². The summed E-state index contributed by atoms with van der Waals surface area (Å²) in [4.78, 5) is 11.4. The Morgan fingerprint density at radius 1 is 1.00 bits per heavy atom. The molecule has 0 amide bonds. The molecular formula is C19H23N3O. The van der Waals surface area contributed by atoms with Gasteiger partial charge >= 0.3 is 6.01 Å². The van der Waals surface area contributed by atoms with Gasteiger partial charge in [-0.25, -0.2) is 9.97 Å². The third-order valence-corrected chi connectivity index (χ3v) is 5.07. The number of ether oxygens (including phenoxy) is 1. The van der Waals surface area contributed by atoms with Gasteiger partial charge in [-0.1, -0.05) is 29.8 Å². The fourth-order valence-electron chi connectivity index (χ4n) is 3.71. The zero-order chi connectivity index (χ0) is 15.6. The van der Waals surface area contributed by atoms with E-state index in [0.29, 0.717) is 11.9 Å². The smallest absolute Gasteiger partial charge is 0.316 e. The minimum absolute atomic E-state index is 0.275. The van der Waals surface area contributed by atoms with Gasteiger partial charge in [-0.3, -0.25) is 0 Å². The monoisotopic (exact) mass is 309 g/mol. The molecule has 0 N–H and O–H groups in total. The zero-order valence-corrected chi connectivity index (χ0v) is 13.6. The summed E-state index contributed by atoms with van der Waals surface area (Å²) in [5.74, 6) is 0.637. The van der Waals surface area contributed by atoms with Gasteiger partial charge in [0.2, 0.25) is 0 Å². The van der Waals surface area contributed by atoms with E-state index in [4.69, 9.17) is 4.74 Å². The Kier molecular flexibility index (Phi) is 4.00. The normalized spacial score (nSPS) is 26.7. The van der Waals surface area contributed by atoms with Crippen LogP contribution in [0.25, 0.3) is 11.1 Å². The molecule has 4 rings (SSSR count). The van der Waals surface area contributed by atoms with Gasteiger partial charge in [-0.05, 0) is 38.3 Å². The van der Waals surface area contributed by atoms with E-state index in [1.165, 1.54) is 31.5 Å². The number of fused-ring (bicyclic) bond motifs is 2. The van der Waals surface area contributed by atoms with E-state index in [1.807, 2.05) is 12.4 Å². The molecule has 4 nitrogen and oxygen atoms in total. The fraction of sp³-hybridized carbons (Fsp3) is 0.474.